The quantitative estimate of drug-likeness (QED) is 0.482. The van der Waals surface area contributed by atoms with Crippen molar-refractivity contribution >= 4 is 29.2 Å². The van der Waals surface area contributed by atoms with Crippen molar-refractivity contribution in [1.82, 2.24) is 14.5 Å². The molecule has 0 radical (unpaired) electrons. The molecule has 0 saturated carbocycles. The first-order valence-electron chi connectivity index (χ1n) is 11.1. The number of carbonyl (C=O) groups excluding carboxylic acids is 3. The van der Waals surface area contributed by atoms with Crippen molar-refractivity contribution in [2.45, 2.75) is 78.1 Å². The Morgan fingerprint density at radius 2 is 1.67 bits per heavy atom. The molecule has 0 aromatic carbocycles. The molecule has 1 saturated heterocycles. The van der Waals surface area contributed by atoms with E-state index in [0.717, 1.165) is 10.9 Å². The van der Waals surface area contributed by atoms with E-state index in [1.54, 1.807) is 64.9 Å². The predicted molar refractivity (Wildman–Crippen MR) is 122 cm³/mol. The number of ether oxygens (including phenoxy) is 3. The summed E-state index contributed by atoms with van der Waals surface area (Å²) in [6.45, 7) is 12.8. The number of nitrogens with zero attached hydrogens (tertiary/aromatic N) is 3. The van der Waals surface area contributed by atoms with Crippen LogP contribution in [0.2, 0.25) is 0 Å². The van der Waals surface area contributed by atoms with E-state index >= 15 is 0 Å². The second-order valence-electron chi connectivity index (χ2n) is 10.3. The van der Waals surface area contributed by atoms with Crippen LogP contribution in [0, 0.1) is 0 Å². The largest absolute Gasteiger partial charge is 0.460 e. The van der Waals surface area contributed by atoms with Gasteiger partial charge in [0.25, 0.3) is 0 Å². The van der Waals surface area contributed by atoms with Crippen LogP contribution in [-0.4, -0.2) is 63.0 Å². The Labute approximate surface area is 194 Å². The Hall–Kier alpha value is -3.10. The van der Waals surface area contributed by atoms with Crippen LogP contribution in [0.3, 0.4) is 0 Å². The number of amides is 1. The number of pyridine rings is 1. The minimum absolute atomic E-state index is 0.193. The van der Waals surface area contributed by atoms with Gasteiger partial charge in [0.2, 0.25) is 0 Å². The number of fused-ring (bicyclic) bond motifs is 1. The molecule has 0 bridgehead atoms. The van der Waals surface area contributed by atoms with Crippen molar-refractivity contribution in [3.8, 4) is 0 Å². The lowest BCUT2D eigenvalue weighted by Crippen LogP contribution is -2.48. The fourth-order valence-electron chi connectivity index (χ4n) is 3.93. The van der Waals surface area contributed by atoms with Gasteiger partial charge in [-0.1, -0.05) is 0 Å². The summed E-state index contributed by atoms with van der Waals surface area (Å²) < 4.78 is 18.1. The number of esters is 1. The Bertz CT molecular complexity index is 1050. The minimum Gasteiger partial charge on any atom is -0.460 e. The van der Waals surface area contributed by atoms with E-state index in [1.165, 1.54) is 11.5 Å². The number of hydrogen-bond donors (Lipinski definition) is 0. The van der Waals surface area contributed by atoms with E-state index in [1.807, 2.05) is 6.07 Å². The summed E-state index contributed by atoms with van der Waals surface area (Å²) in [7, 11) is 0. The van der Waals surface area contributed by atoms with Crippen molar-refractivity contribution < 1.29 is 28.6 Å². The van der Waals surface area contributed by atoms with Crippen LogP contribution in [-0.2, 0) is 19.0 Å². The van der Waals surface area contributed by atoms with Crippen molar-refractivity contribution in [3.63, 3.8) is 0 Å². The molecule has 2 unspecified atom stereocenters. The summed E-state index contributed by atoms with van der Waals surface area (Å²) >= 11 is 0. The predicted octanol–water partition coefficient (Wildman–Crippen LogP) is 4.48. The van der Waals surface area contributed by atoms with E-state index in [-0.39, 0.29) is 12.5 Å². The number of likely N-dealkylation sites (tertiary alicyclic amines) is 1. The van der Waals surface area contributed by atoms with Gasteiger partial charge < -0.3 is 19.1 Å². The third-order valence-electron chi connectivity index (χ3n) is 5.11. The van der Waals surface area contributed by atoms with Gasteiger partial charge in [0, 0.05) is 37.2 Å². The molecular formula is C24H33N3O6. The van der Waals surface area contributed by atoms with E-state index in [0.29, 0.717) is 18.6 Å². The Morgan fingerprint density at radius 1 is 1.03 bits per heavy atom. The molecule has 1 amide bonds. The van der Waals surface area contributed by atoms with Gasteiger partial charge in [0.15, 0.2) is 0 Å². The average Bonchev–Trinajstić information content (AvgIpc) is 3.04. The lowest BCUT2D eigenvalue weighted by Gasteiger charge is -2.38. The number of piperidine rings is 1. The van der Waals surface area contributed by atoms with E-state index in [4.69, 9.17) is 14.2 Å². The standard InChI is InChI=1S/C24H33N3O6/c1-15(28)31-19-14-26(21(29)32-23(2,3)4)12-10-16(19)18-13-27(22(30)33-24(5,6)7)20-17(18)9-8-11-25-20/h8-9,11,13,16,19H,10,12,14H2,1-7H3. The maximum absolute atomic E-state index is 12.8. The van der Waals surface area contributed by atoms with Gasteiger partial charge in [-0.15, -0.1) is 0 Å². The molecule has 0 spiro atoms. The molecule has 3 rings (SSSR count). The van der Waals surface area contributed by atoms with Gasteiger partial charge in [0.05, 0.1) is 6.54 Å². The van der Waals surface area contributed by atoms with Gasteiger partial charge >= 0.3 is 18.2 Å². The molecule has 2 aromatic rings. The maximum atomic E-state index is 12.8. The zero-order valence-electron chi connectivity index (χ0n) is 20.4. The normalized spacial score (nSPS) is 19.3. The number of aromatic nitrogens is 2. The SMILES string of the molecule is CC(=O)OC1CN(C(=O)OC(C)(C)C)CCC1c1cn(C(=O)OC(C)(C)C)c2ncccc12. The molecule has 3 heterocycles. The second kappa shape index (κ2) is 9.03. The van der Waals surface area contributed by atoms with Crippen LogP contribution in [0.15, 0.2) is 24.5 Å². The summed E-state index contributed by atoms with van der Waals surface area (Å²) in [4.78, 5) is 43.3. The van der Waals surface area contributed by atoms with Crippen molar-refractivity contribution in [2.24, 2.45) is 0 Å². The van der Waals surface area contributed by atoms with Crippen LogP contribution >= 0.6 is 0 Å². The van der Waals surface area contributed by atoms with E-state index in [9.17, 15) is 14.4 Å². The Balaban J connectivity index is 1.95. The highest BCUT2D eigenvalue weighted by molar-refractivity contribution is 5.90. The van der Waals surface area contributed by atoms with Crippen molar-refractivity contribution in [2.75, 3.05) is 13.1 Å². The average molecular weight is 460 g/mol. The van der Waals surface area contributed by atoms with Crippen LogP contribution in [0.25, 0.3) is 11.0 Å². The van der Waals surface area contributed by atoms with Gasteiger partial charge in [0.1, 0.15) is 23.0 Å². The highest BCUT2D eigenvalue weighted by atomic mass is 16.6. The summed E-state index contributed by atoms with van der Waals surface area (Å²) in [5.74, 6) is -0.673. The summed E-state index contributed by atoms with van der Waals surface area (Å²) in [6.07, 6.45) is 2.27. The zero-order chi connectivity index (χ0) is 24.6. The maximum Gasteiger partial charge on any atom is 0.420 e. The first kappa shape index (κ1) is 24.5. The molecule has 1 fully saturated rings. The minimum atomic E-state index is -0.665. The second-order valence-corrected chi connectivity index (χ2v) is 10.3. The first-order valence-corrected chi connectivity index (χ1v) is 11.1. The summed E-state index contributed by atoms with van der Waals surface area (Å²) in [5, 5.41) is 0.774. The molecular weight excluding hydrogens is 426 g/mol. The van der Waals surface area contributed by atoms with Gasteiger partial charge in [-0.25, -0.2) is 19.1 Å². The highest BCUT2D eigenvalue weighted by Crippen LogP contribution is 2.36. The number of hydrogen-bond acceptors (Lipinski definition) is 7. The third kappa shape index (κ3) is 6.03. The van der Waals surface area contributed by atoms with Gasteiger partial charge in [-0.3, -0.25) is 4.79 Å². The first-order chi connectivity index (χ1) is 15.2. The van der Waals surface area contributed by atoms with E-state index in [2.05, 4.69) is 4.98 Å². The van der Waals surface area contributed by atoms with Crippen LogP contribution in [0.4, 0.5) is 9.59 Å². The number of carbonyl (C=O) groups is 3. The lowest BCUT2D eigenvalue weighted by atomic mass is 9.87. The lowest BCUT2D eigenvalue weighted by molar-refractivity contribution is -0.150. The zero-order valence-corrected chi connectivity index (χ0v) is 20.4. The summed E-state index contributed by atoms with van der Waals surface area (Å²) in [6, 6.07) is 3.67. The van der Waals surface area contributed by atoms with Crippen LogP contribution in [0.5, 0.6) is 0 Å². The Kier molecular flexibility index (Phi) is 6.72. The van der Waals surface area contributed by atoms with Crippen molar-refractivity contribution in [3.05, 3.63) is 30.1 Å². The van der Waals surface area contributed by atoms with Gasteiger partial charge in [-0.2, -0.15) is 0 Å². The monoisotopic (exact) mass is 459 g/mol. The van der Waals surface area contributed by atoms with Crippen LogP contribution < -0.4 is 0 Å². The fraction of sp³-hybridized carbons (Fsp3) is 0.583. The summed E-state index contributed by atoms with van der Waals surface area (Å²) in [5.41, 5.74) is -0.00380. The molecule has 1 aliphatic rings. The molecule has 9 nitrogen and oxygen atoms in total. The van der Waals surface area contributed by atoms with Crippen LogP contribution in [0.1, 0.15) is 66.4 Å². The fourth-order valence-corrected chi connectivity index (χ4v) is 3.93. The smallest absolute Gasteiger partial charge is 0.420 e. The third-order valence-corrected chi connectivity index (χ3v) is 5.11. The molecule has 33 heavy (non-hydrogen) atoms. The van der Waals surface area contributed by atoms with E-state index < -0.39 is 35.5 Å². The molecule has 2 aromatic heterocycles. The Morgan fingerprint density at radius 3 is 2.27 bits per heavy atom. The van der Waals surface area contributed by atoms with Gasteiger partial charge in [-0.05, 0) is 65.7 Å². The molecule has 9 heteroatoms. The topological polar surface area (TPSA) is 100.0 Å². The molecule has 0 N–H and O–H groups in total. The number of rotatable bonds is 2. The van der Waals surface area contributed by atoms with Crippen molar-refractivity contribution in [1.29, 1.82) is 0 Å². The molecule has 180 valence electrons. The molecule has 0 aliphatic carbocycles. The highest BCUT2D eigenvalue weighted by Gasteiger charge is 2.38. The molecule has 2 atom stereocenters. The molecule has 1 aliphatic heterocycles.